The number of amides is 1. The summed E-state index contributed by atoms with van der Waals surface area (Å²) in [5.41, 5.74) is -0.179. The molecular weight excluding hydrogens is 522 g/mol. The molecule has 10 heteroatoms. The third-order valence-corrected chi connectivity index (χ3v) is 4.91. The van der Waals surface area contributed by atoms with E-state index >= 15 is 0 Å². The van der Waals surface area contributed by atoms with Gasteiger partial charge in [-0.05, 0) is 24.1 Å². The van der Waals surface area contributed by atoms with Gasteiger partial charge in [-0.3, -0.25) is 14.7 Å². The Labute approximate surface area is 199 Å². The number of hydrogen-bond donors (Lipinski definition) is 3. The zero-order valence-electron chi connectivity index (χ0n) is 18.5. The minimum atomic E-state index is -4.31. The average Bonchev–Trinajstić information content (AvgIpc) is 3.09. The first-order valence-corrected chi connectivity index (χ1v) is 10.1. The van der Waals surface area contributed by atoms with Crippen molar-refractivity contribution in [3.8, 4) is 0 Å². The van der Waals surface area contributed by atoms with Crippen LogP contribution in [0.1, 0.15) is 38.3 Å². The summed E-state index contributed by atoms with van der Waals surface area (Å²) < 4.78 is 38.0. The van der Waals surface area contributed by atoms with Crippen LogP contribution in [0.3, 0.4) is 0 Å². The van der Waals surface area contributed by atoms with Gasteiger partial charge in [0.2, 0.25) is 5.91 Å². The molecule has 1 heterocycles. The quantitative estimate of drug-likeness (QED) is 0.218. The van der Waals surface area contributed by atoms with Crippen molar-refractivity contribution in [3.05, 3.63) is 35.4 Å². The first-order chi connectivity index (χ1) is 14.0. The van der Waals surface area contributed by atoms with Crippen LogP contribution in [0.15, 0.2) is 29.3 Å². The minimum Gasteiger partial charge on any atom is -0.355 e. The lowest BCUT2D eigenvalue weighted by Gasteiger charge is -2.20. The maximum absolute atomic E-state index is 12.7. The Balaban J connectivity index is 0.00000480. The van der Waals surface area contributed by atoms with Crippen LogP contribution >= 0.6 is 24.0 Å². The number of nitrogens with one attached hydrogen (secondary N) is 3. The smallest absolute Gasteiger partial charge is 0.355 e. The van der Waals surface area contributed by atoms with Crippen LogP contribution < -0.4 is 16.0 Å². The van der Waals surface area contributed by atoms with Gasteiger partial charge in [0.15, 0.2) is 5.96 Å². The van der Waals surface area contributed by atoms with Crippen LogP contribution in [0.5, 0.6) is 0 Å². The molecule has 1 aliphatic heterocycles. The summed E-state index contributed by atoms with van der Waals surface area (Å²) in [4.78, 5) is 18.3. The van der Waals surface area contributed by atoms with E-state index in [1.807, 2.05) is 20.8 Å². The Morgan fingerprint density at radius 3 is 2.29 bits per heavy atom. The lowest BCUT2D eigenvalue weighted by Crippen LogP contribution is -2.47. The van der Waals surface area contributed by atoms with E-state index in [-0.39, 0.29) is 35.9 Å². The Bertz CT molecular complexity index is 732. The molecular formula is C21H33F3IN5O. The topological polar surface area (TPSA) is 68.8 Å². The third kappa shape index (κ3) is 9.22. The van der Waals surface area contributed by atoms with Gasteiger partial charge in [-0.1, -0.05) is 32.9 Å². The molecule has 0 saturated carbocycles. The van der Waals surface area contributed by atoms with Crippen molar-refractivity contribution in [2.45, 2.75) is 46.0 Å². The lowest BCUT2D eigenvalue weighted by atomic mass is 9.96. The van der Waals surface area contributed by atoms with Gasteiger partial charge in [-0.25, -0.2) is 0 Å². The third-order valence-electron chi connectivity index (χ3n) is 4.91. The maximum Gasteiger partial charge on any atom is 0.416 e. The van der Waals surface area contributed by atoms with Gasteiger partial charge >= 0.3 is 6.18 Å². The number of hydrogen-bond acceptors (Lipinski definition) is 3. The van der Waals surface area contributed by atoms with Crippen molar-refractivity contribution >= 4 is 35.8 Å². The van der Waals surface area contributed by atoms with Gasteiger partial charge in [-0.2, -0.15) is 13.2 Å². The fraction of sp³-hybridized carbons (Fsp3) is 0.619. The van der Waals surface area contributed by atoms with E-state index < -0.39 is 17.2 Å². The summed E-state index contributed by atoms with van der Waals surface area (Å²) in [5.74, 6) is 0.670. The van der Waals surface area contributed by atoms with Gasteiger partial charge in [0.05, 0.1) is 5.56 Å². The molecule has 2 rings (SSSR count). The summed E-state index contributed by atoms with van der Waals surface area (Å²) in [6, 6.07) is 5.54. The Morgan fingerprint density at radius 1 is 1.13 bits per heavy atom. The van der Waals surface area contributed by atoms with Gasteiger partial charge in [0.25, 0.3) is 0 Å². The van der Waals surface area contributed by atoms with E-state index in [9.17, 15) is 18.0 Å². The molecule has 1 fully saturated rings. The van der Waals surface area contributed by atoms with Gasteiger partial charge < -0.3 is 16.0 Å². The van der Waals surface area contributed by atoms with Crippen molar-refractivity contribution in [1.82, 2.24) is 20.9 Å². The van der Waals surface area contributed by atoms with Crippen molar-refractivity contribution < 1.29 is 18.0 Å². The summed E-state index contributed by atoms with van der Waals surface area (Å²) in [7, 11) is 1.69. The number of guanidine groups is 1. The molecule has 1 aromatic rings. The molecule has 1 saturated heterocycles. The number of carbonyl (C=O) groups is 1. The molecule has 1 aliphatic rings. The van der Waals surface area contributed by atoms with Crippen molar-refractivity contribution in [2.24, 2.45) is 10.4 Å². The number of rotatable bonds is 6. The second-order valence-electron chi connectivity index (χ2n) is 8.56. The SMILES string of the molecule is CN=C(NCCNC(=O)C(C)(C)C)NC1CCN(Cc2ccc(C(F)(F)F)cc2)C1.I. The van der Waals surface area contributed by atoms with E-state index in [1.54, 1.807) is 7.05 Å². The molecule has 0 bridgehead atoms. The first-order valence-electron chi connectivity index (χ1n) is 10.1. The average molecular weight is 555 g/mol. The van der Waals surface area contributed by atoms with Gasteiger partial charge in [0.1, 0.15) is 0 Å². The maximum atomic E-state index is 12.7. The molecule has 0 aromatic heterocycles. The second kappa shape index (κ2) is 11.9. The molecule has 1 aromatic carbocycles. The lowest BCUT2D eigenvalue weighted by molar-refractivity contribution is -0.137. The highest BCUT2D eigenvalue weighted by Crippen LogP contribution is 2.29. The van der Waals surface area contributed by atoms with Gasteiger partial charge in [0, 0.05) is 51.2 Å². The van der Waals surface area contributed by atoms with E-state index in [1.165, 1.54) is 12.1 Å². The highest BCUT2D eigenvalue weighted by atomic mass is 127. The number of halogens is 4. The standard InChI is InChI=1S/C21H32F3N5O.HI/c1-20(2,3)18(30)26-10-11-27-19(25-4)28-17-9-12-29(14-17)13-15-5-7-16(8-6-15)21(22,23)24;/h5-8,17H,9-14H2,1-4H3,(H,26,30)(H2,25,27,28);1H. The van der Waals surface area contributed by atoms with E-state index in [0.29, 0.717) is 25.6 Å². The van der Waals surface area contributed by atoms with E-state index in [2.05, 4.69) is 25.8 Å². The zero-order valence-corrected chi connectivity index (χ0v) is 20.8. The van der Waals surface area contributed by atoms with Crippen molar-refractivity contribution in [3.63, 3.8) is 0 Å². The fourth-order valence-corrected chi connectivity index (χ4v) is 3.16. The number of alkyl halides is 3. The number of likely N-dealkylation sites (tertiary alicyclic amines) is 1. The van der Waals surface area contributed by atoms with Gasteiger partial charge in [-0.15, -0.1) is 24.0 Å². The predicted molar refractivity (Wildman–Crippen MR) is 128 cm³/mol. The number of benzene rings is 1. The van der Waals surface area contributed by atoms with Crippen LogP contribution in [0.25, 0.3) is 0 Å². The van der Waals surface area contributed by atoms with Crippen LogP contribution in [-0.2, 0) is 17.5 Å². The molecule has 1 unspecified atom stereocenters. The summed E-state index contributed by atoms with van der Waals surface area (Å²) in [6.07, 6.45) is -3.39. The fourth-order valence-electron chi connectivity index (χ4n) is 3.16. The zero-order chi connectivity index (χ0) is 22.4. The number of carbonyl (C=O) groups excluding carboxylic acids is 1. The predicted octanol–water partition coefficient (Wildman–Crippen LogP) is 3.23. The molecule has 1 amide bonds. The highest BCUT2D eigenvalue weighted by molar-refractivity contribution is 14.0. The van der Waals surface area contributed by atoms with E-state index in [0.717, 1.165) is 37.2 Å². The van der Waals surface area contributed by atoms with E-state index in [4.69, 9.17) is 0 Å². The largest absolute Gasteiger partial charge is 0.416 e. The first kappa shape index (κ1) is 27.5. The molecule has 0 spiro atoms. The second-order valence-corrected chi connectivity index (χ2v) is 8.56. The highest BCUT2D eigenvalue weighted by Gasteiger charge is 2.30. The van der Waals surface area contributed by atoms with Crippen LogP contribution in [0, 0.1) is 5.41 Å². The summed E-state index contributed by atoms with van der Waals surface area (Å²) >= 11 is 0. The molecule has 1 atom stereocenters. The molecule has 31 heavy (non-hydrogen) atoms. The Kier molecular flexibility index (Phi) is 10.5. The van der Waals surface area contributed by atoms with Crippen molar-refractivity contribution in [2.75, 3.05) is 33.2 Å². The normalized spacial score (nSPS) is 17.8. The van der Waals surface area contributed by atoms with Crippen LogP contribution in [-0.4, -0.2) is 56.0 Å². The summed E-state index contributed by atoms with van der Waals surface area (Å²) in [6.45, 7) is 8.91. The molecule has 0 aliphatic carbocycles. The number of nitrogens with zero attached hydrogens (tertiary/aromatic N) is 2. The van der Waals surface area contributed by atoms with Crippen LogP contribution in [0.2, 0.25) is 0 Å². The molecule has 3 N–H and O–H groups in total. The minimum absolute atomic E-state index is 0. The molecule has 176 valence electrons. The Morgan fingerprint density at radius 2 is 1.74 bits per heavy atom. The molecule has 0 radical (unpaired) electrons. The van der Waals surface area contributed by atoms with Crippen molar-refractivity contribution in [1.29, 1.82) is 0 Å². The number of aliphatic imine (C=N–C) groups is 1. The Hall–Kier alpha value is -1.56. The van der Waals surface area contributed by atoms with Crippen LogP contribution in [0.4, 0.5) is 13.2 Å². The monoisotopic (exact) mass is 555 g/mol. The molecule has 6 nitrogen and oxygen atoms in total. The summed E-state index contributed by atoms with van der Waals surface area (Å²) in [5, 5.41) is 9.43.